The third-order valence-electron chi connectivity index (χ3n) is 2.51. The number of aryl methyl sites for hydroxylation is 2. The van der Waals surface area contributed by atoms with Gasteiger partial charge in [0.1, 0.15) is 0 Å². The Hall–Kier alpha value is -0.970. The third kappa shape index (κ3) is 2.83. The largest absolute Gasteiger partial charge is 0.387 e. The van der Waals surface area contributed by atoms with Crippen LogP contribution in [-0.4, -0.2) is 15.1 Å². The third-order valence-corrected chi connectivity index (χ3v) is 4.03. The van der Waals surface area contributed by atoms with Crippen LogP contribution in [0.3, 0.4) is 0 Å². The quantitative estimate of drug-likeness (QED) is 0.931. The molecular weight excluding hydrogens is 256 g/mol. The lowest BCUT2D eigenvalue weighted by molar-refractivity contribution is 0.181. The van der Waals surface area contributed by atoms with Crippen LogP contribution in [0.2, 0.25) is 5.02 Å². The SMILES string of the molecule is Cc1nc(C)c(C(O)Cc2ccncc2Cl)s1. The van der Waals surface area contributed by atoms with E-state index in [1.807, 2.05) is 19.9 Å². The summed E-state index contributed by atoms with van der Waals surface area (Å²) in [5.74, 6) is 0. The molecule has 0 saturated heterocycles. The van der Waals surface area contributed by atoms with Crippen molar-refractivity contribution in [2.45, 2.75) is 26.4 Å². The Morgan fingerprint density at radius 1 is 1.47 bits per heavy atom. The number of pyridine rings is 1. The number of aliphatic hydroxyl groups excluding tert-OH is 1. The van der Waals surface area contributed by atoms with Crippen molar-refractivity contribution in [3.05, 3.63) is 44.6 Å². The minimum atomic E-state index is -0.555. The molecule has 0 bridgehead atoms. The summed E-state index contributed by atoms with van der Waals surface area (Å²) in [5.41, 5.74) is 1.80. The van der Waals surface area contributed by atoms with E-state index in [-0.39, 0.29) is 0 Å². The van der Waals surface area contributed by atoms with Gasteiger partial charge >= 0.3 is 0 Å². The summed E-state index contributed by atoms with van der Waals surface area (Å²) in [6.45, 7) is 3.85. The van der Waals surface area contributed by atoms with Crippen LogP contribution >= 0.6 is 22.9 Å². The van der Waals surface area contributed by atoms with Crippen molar-refractivity contribution in [2.75, 3.05) is 0 Å². The van der Waals surface area contributed by atoms with Crippen molar-refractivity contribution in [3.63, 3.8) is 0 Å². The van der Waals surface area contributed by atoms with Crippen LogP contribution in [0.25, 0.3) is 0 Å². The number of aromatic nitrogens is 2. The van der Waals surface area contributed by atoms with Crippen molar-refractivity contribution >= 4 is 22.9 Å². The lowest BCUT2D eigenvalue weighted by atomic mass is 10.1. The summed E-state index contributed by atoms with van der Waals surface area (Å²) in [5, 5.41) is 11.7. The van der Waals surface area contributed by atoms with Crippen molar-refractivity contribution in [1.82, 2.24) is 9.97 Å². The molecule has 0 aliphatic rings. The topological polar surface area (TPSA) is 46.0 Å². The second kappa shape index (κ2) is 5.12. The molecule has 0 aliphatic heterocycles. The lowest BCUT2D eigenvalue weighted by Gasteiger charge is -2.10. The predicted octanol–water partition coefficient (Wildman–Crippen LogP) is 3.08. The summed E-state index contributed by atoms with van der Waals surface area (Å²) in [6.07, 6.45) is 3.21. The molecule has 1 unspecified atom stereocenters. The Morgan fingerprint density at radius 3 is 2.82 bits per heavy atom. The van der Waals surface area contributed by atoms with E-state index < -0.39 is 6.10 Å². The van der Waals surface area contributed by atoms with Gasteiger partial charge in [0.05, 0.1) is 26.7 Å². The molecule has 17 heavy (non-hydrogen) atoms. The standard InChI is InChI=1S/C12H13ClN2OS/c1-7-12(17-8(2)15-7)11(16)5-9-3-4-14-6-10(9)13/h3-4,6,11,16H,5H2,1-2H3. The van der Waals surface area contributed by atoms with Crippen molar-refractivity contribution in [3.8, 4) is 0 Å². The van der Waals surface area contributed by atoms with Crippen LogP contribution in [0, 0.1) is 13.8 Å². The Kier molecular flexibility index (Phi) is 3.76. The van der Waals surface area contributed by atoms with E-state index in [4.69, 9.17) is 11.6 Å². The highest BCUT2D eigenvalue weighted by Crippen LogP contribution is 2.28. The zero-order chi connectivity index (χ0) is 12.4. The molecule has 90 valence electrons. The molecule has 0 aliphatic carbocycles. The van der Waals surface area contributed by atoms with E-state index in [1.54, 1.807) is 12.4 Å². The van der Waals surface area contributed by atoms with Gasteiger partial charge < -0.3 is 5.11 Å². The van der Waals surface area contributed by atoms with E-state index in [0.717, 1.165) is 21.1 Å². The zero-order valence-electron chi connectivity index (χ0n) is 9.64. The van der Waals surface area contributed by atoms with Crippen molar-refractivity contribution in [2.24, 2.45) is 0 Å². The molecule has 2 aromatic rings. The number of rotatable bonds is 3. The van der Waals surface area contributed by atoms with Gasteiger partial charge in [-0.05, 0) is 25.5 Å². The number of hydrogen-bond acceptors (Lipinski definition) is 4. The Balaban J connectivity index is 2.20. The lowest BCUT2D eigenvalue weighted by Crippen LogP contribution is -2.02. The molecule has 0 radical (unpaired) electrons. The zero-order valence-corrected chi connectivity index (χ0v) is 11.2. The van der Waals surface area contributed by atoms with Gasteiger partial charge in [-0.2, -0.15) is 0 Å². The van der Waals surface area contributed by atoms with Gasteiger partial charge in [-0.15, -0.1) is 11.3 Å². The fourth-order valence-electron chi connectivity index (χ4n) is 1.73. The monoisotopic (exact) mass is 268 g/mol. The van der Waals surface area contributed by atoms with Crippen LogP contribution in [0.15, 0.2) is 18.5 Å². The first-order valence-corrected chi connectivity index (χ1v) is 6.47. The highest BCUT2D eigenvalue weighted by Gasteiger charge is 2.16. The smallest absolute Gasteiger partial charge is 0.0941 e. The Morgan fingerprint density at radius 2 is 2.24 bits per heavy atom. The predicted molar refractivity (Wildman–Crippen MR) is 69.5 cm³/mol. The summed E-state index contributed by atoms with van der Waals surface area (Å²) in [4.78, 5) is 9.15. The molecule has 0 saturated carbocycles. The number of halogens is 1. The molecule has 2 aromatic heterocycles. The van der Waals surface area contributed by atoms with Gasteiger partial charge in [0.25, 0.3) is 0 Å². The molecule has 3 nitrogen and oxygen atoms in total. The fraction of sp³-hybridized carbons (Fsp3) is 0.333. The molecule has 0 aromatic carbocycles. The number of hydrogen-bond donors (Lipinski definition) is 1. The second-order valence-electron chi connectivity index (χ2n) is 3.87. The van der Waals surface area contributed by atoms with Crippen molar-refractivity contribution < 1.29 is 5.11 Å². The van der Waals surface area contributed by atoms with Gasteiger partial charge in [0.2, 0.25) is 0 Å². The highest BCUT2D eigenvalue weighted by atomic mass is 35.5. The fourth-order valence-corrected chi connectivity index (χ4v) is 2.84. The summed E-state index contributed by atoms with van der Waals surface area (Å²) in [6, 6.07) is 1.83. The Bertz CT molecular complexity index is 527. The Labute approximate surface area is 109 Å². The molecule has 1 N–H and O–H groups in total. The first kappa shape index (κ1) is 12.5. The van der Waals surface area contributed by atoms with Crippen LogP contribution in [0.4, 0.5) is 0 Å². The number of thiazole rings is 1. The van der Waals surface area contributed by atoms with Crippen LogP contribution in [0.1, 0.15) is 27.2 Å². The summed E-state index contributed by atoms with van der Waals surface area (Å²) < 4.78 is 0. The maximum absolute atomic E-state index is 10.2. The van der Waals surface area contributed by atoms with Gasteiger partial charge in [-0.3, -0.25) is 4.98 Å². The average molecular weight is 269 g/mol. The van der Waals surface area contributed by atoms with Crippen molar-refractivity contribution in [1.29, 1.82) is 0 Å². The minimum Gasteiger partial charge on any atom is -0.387 e. The molecule has 1 atom stereocenters. The summed E-state index contributed by atoms with van der Waals surface area (Å²) >= 11 is 7.54. The van der Waals surface area contributed by atoms with E-state index in [1.165, 1.54) is 11.3 Å². The maximum atomic E-state index is 10.2. The van der Waals surface area contributed by atoms with Gasteiger partial charge in [-0.25, -0.2) is 4.98 Å². The molecule has 2 rings (SSSR count). The first-order chi connectivity index (χ1) is 8.08. The molecule has 0 spiro atoms. The van der Waals surface area contributed by atoms with E-state index in [2.05, 4.69) is 9.97 Å². The minimum absolute atomic E-state index is 0.490. The van der Waals surface area contributed by atoms with Crippen LogP contribution in [-0.2, 0) is 6.42 Å². The normalized spacial score (nSPS) is 12.7. The molecule has 2 heterocycles. The summed E-state index contributed by atoms with van der Waals surface area (Å²) in [7, 11) is 0. The molecular formula is C12H13ClN2OS. The van der Waals surface area contributed by atoms with Gasteiger partial charge in [-0.1, -0.05) is 11.6 Å². The van der Waals surface area contributed by atoms with Gasteiger partial charge in [0, 0.05) is 18.8 Å². The first-order valence-electron chi connectivity index (χ1n) is 5.28. The number of nitrogens with zero attached hydrogens (tertiary/aromatic N) is 2. The van der Waals surface area contributed by atoms with Crippen LogP contribution in [0.5, 0.6) is 0 Å². The van der Waals surface area contributed by atoms with E-state index in [0.29, 0.717) is 11.4 Å². The number of aliphatic hydroxyl groups is 1. The van der Waals surface area contributed by atoms with E-state index in [9.17, 15) is 5.11 Å². The van der Waals surface area contributed by atoms with E-state index >= 15 is 0 Å². The molecule has 5 heteroatoms. The van der Waals surface area contributed by atoms with Crippen LogP contribution < -0.4 is 0 Å². The average Bonchev–Trinajstić information content (AvgIpc) is 2.61. The highest BCUT2D eigenvalue weighted by molar-refractivity contribution is 7.11. The maximum Gasteiger partial charge on any atom is 0.0941 e. The second-order valence-corrected chi connectivity index (χ2v) is 5.51. The van der Waals surface area contributed by atoms with Gasteiger partial charge in [0.15, 0.2) is 0 Å². The molecule has 0 fully saturated rings. The molecule has 0 amide bonds.